The Bertz CT molecular complexity index is 714. The molecular formula is C22H34N4O2. The molecule has 6 heteroatoms. The molecule has 1 aromatic rings. The molecule has 2 aliphatic carbocycles. The lowest BCUT2D eigenvalue weighted by atomic mass is 9.70. The van der Waals surface area contributed by atoms with E-state index in [-0.39, 0.29) is 11.8 Å². The van der Waals surface area contributed by atoms with Crippen LogP contribution in [0.3, 0.4) is 0 Å². The van der Waals surface area contributed by atoms with Crippen LogP contribution in [0.5, 0.6) is 0 Å². The first-order chi connectivity index (χ1) is 13.5. The van der Waals surface area contributed by atoms with Crippen LogP contribution in [0.4, 0.5) is 0 Å². The van der Waals surface area contributed by atoms with Gasteiger partial charge in [0.2, 0.25) is 5.91 Å². The zero-order valence-electron chi connectivity index (χ0n) is 17.5. The summed E-state index contributed by atoms with van der Waals surface area (Å²) in [7, 11) is 0. The largest absolute Gasteiger partial charge is 0.342 e. The lowest BCUT2D eigenvalue weighted by Crippen LogP contribution is -2.51. The van der Waals surface area contributed by atoms with E-state index in [1.807, 2.05) is 4.90 Å². The summed E-state index contributed by atoms with van der Waals surface area (Å²) in [4.78, 5) is 24.8. The van der Waals surface area contributed by atoms with Gasteiger partial charge in [-0.25, -0.2) is 0 Å². The summed E-state index contributed by atoms with van der Waals surface area (Å²) in [6.45, 7) is 7.72. The summed E-state index contributed by atoms with van der Waals surface area (Å²) in [5.74, 6) is 4.86. The number of hydrogen-bond donors (Lipinski definition) is 0. The summed E-state index contributed by atoms with van der Waals surface area (Å²) in [6.07, 6.45) is 8.92. The normalized spacial score (nSPS) is 27.0. The van der Waals surface area contributed by atoms with Crippen molar-refractivity contribution in [3.8, 4) is 0 Å². The number of aldehydes is 1. The van der Waals surface area contributed by atoms with Gasteiger partial charge in [-0.1, -0.05) is 20.3 Å². The fraction of sp³-hybridized carbons (Fsp3) is 0.818. The average molecular weight is 387 g/mol. The van der Waals surface area contributed by atoms with Gasteiger partial charge in [0.25, 0.3) is 0 Å². The molecule has 0 spiro atoms. The number of aromatic nitrogens is 3. The molecule has 154 valence electrons. The molecule has 2 saturated carbocycles. The van der Waals surface area contributed by atoms with Crippen molar-refractivity contribution in [2.75, 3.05) is 13.1 Å². The molecule has 6 nitrogen and oxygen atoms in total. The van der Waals surface area contributed by atoms with E-state index in [1.54, 1.807) is 6.92 Å². The van der Waals surface area contributed by atoms with Gasteiger partial charge in [0.1, 0.15) is 17.9 Å². The van der Waals surface area contributed by atoms with Crippen LogP contribution in [-0.2, 0) is 9.59 Å². The van der Waals surface area contributed by atoms with Crippen molar-refractivity contribution >= 4 is 12.2 Å². The quantitative estimate of drug-likeness (QED) is 0.607. The van der Waals surface area contributed by atoms with E-state index in [0.717, 1.165) is 42.9 Å². The minimum Gasteiger partial charge on any atom is -0.342 e. The summed E-state index contributed by atoms with van der Waals surface area (Å²) >= 11 is 0. The maximum atomic E-state index is 11.6. The predicted octanol–water partition coefficient (Wildman–Crippen LogP) is 3.69. The van der Waals surface area contributed by atoms with Gasteiger partial charge in [-0.2, -0.15) is 0 Å². The fourth-order valence-corrected chi connectivity index (χ4v) is 5.07. The number of rotatable bonds is 9. The molecule has 4 rings (SSSR count). The Hall–Kier alpha value is -1.72. The smallest absolute Gasteiger partial charge is 0.219 e. The van der Waals surface area contributed by atoms with Crippen molar-refractivity contribution in [3.63, 3.8) is 0 Å². The topological polar surface area (TPSA) is 68.1 Å². The van der Waals surface area contributed by atoms with Crippen molar-refractivity contribution in [2.24, 2.45) is 17.8 Å². The maximum absolute atomic E-state index is 11.6. The predicted molar refractivity (Wildman–Crippen MR) is 107 cm³/mol. The minimum absolute atomic E-state index is 0.0888. The molecule has 1 saturated heterocycles. The standard InChI is InChI=1S/C22H34N4O2/c1-4-14(2)9-16-10-17(11-16)21-23-24-22(26(21)19-5-6-19)20(7-8-27)18-12-25(13-18)15(3)28/h8,14,16-20H,4-7,9-13H2,1-3H3/t14?,16?,17?,20-/m1/s1. The Morgan fingerprint density at radius 3 is 2.54 bits per heavy atom. The van der Waals surface area contributed by atoms with Gasteiger partial charge < -0.3 is 14.3 Å². The lowest BCUT2D eigenvalue weighted by molar-refractivity contribution is -0.135. The van der Waals surface area contributed by atoms with E-state index in [9.17, 15) is 9.59 Å². The van der Waals surface area contributed by atoms with Crippen LogP contribution >= 0.6 is 0 Å². The summed E-state index contributed by atoms with van der Waals surface area (Å²) in [5, 5.41) is 9.27. The second-order valence-corrected chi connectivity index (χ2v) is 9.49. The van der Waals surface area contributed by atoms with Crippen molar-refractivity contribution in [3.05, 3.63) is 11.6 Å². The molecule has 0 aromatic carbocycles. The first-order valence-electron chi connectivity index (χ1n) is 11.2. The van der Waals surface area contributed by atoms with E-state index in [1.165, 1.54) is 38.5 Å². The first kappa shape index (κ1) is 19.6. The zero-order valence-corrected chi connectivity index (χ0v) is 17.5. The van der Waals surface area contributed by atoms with Crippen LogP contribution in [-0.4, -0.2) is 44.9 Å². The molecule has 28 heavy (non-hydrogen) atoms. The van der Waals surface area contributed by atoms with Gasteiger partial charge in [0, 0.05) is 50.2 Å². The van der Waals surface area contributed by atoms with Crippen molar-refractivity contribution in [1.29, 1.82) is 0 Å². The number of nitrogens with zero attached hydrogens (tertiary/aromatic N) is 4. The molecule has 3 aliphatic rings. The summed E-state index contributed by atoms with van der Waals surface area (Å²) in [5.41, 5.74) is 0. The molecule has 1 aromatic heterocycles. The highest BCUT2D eigenvalue weighted by Gasteiger charge is 2.43. The molecular weight excluding hydrogens is 352 g/mol. The second-order valence-electron chi connectivity index (χ2n) is 9.49. The van der Waals surface area contributed by atoms with Crippen molar-refractivity contribution in [1.82, 2.24) is 19.7 Å². The zero-order chi connectivity index (χ0) is 19.8. The van der Waals surface area contributed by atoms with Gasteiger partial charge >= 0.3 is 0 Å². The Balaban J connectivity index is 1.49. The van der Waals surface area contributed by atoms with E-state index >= 15 is 0 Å². The molecule has 0 radical (unpaired) electrons. The van der Waals surface area contributed by atoms with Crippen LogP contribution in [0.1, 0.15) is 95.2 Å². The number of amides is 1. The Kier molecular flexibility index (Phi) is 5.57. The third-order valence-electron chi connectivity index (χ3n) is 7.30. The summed E-state index contributed by atoms with van der Waals surface area (Å²) < 4.78 is 2.40. The molecule has 1 unspecified atom stereocenters. The molecule has 1 amide bonds. The van der Waals surface area contributed by atoms with Crippen LogP contribution in [0.15, 0.2) is 0 Å². The summed E-state index contributed by atoms with van der Waals surface area (Å²) in [6, 6.07) is 0.520. The van der Waals surface area contributed by atoms with Crippen LogP contribution in [0.2, 0.25) is 0 Å². The highest BCUT2D eigenvalue weighted by atomic mass is 16.2. The van der Waals surface area contributed by atoms with Gasteiger partial charge in [-0.3, -0.25) is 4.79 Å². The number of hydrogen-bond acceptors (Lipinski definition) is 4. The lowest BCUT2D eigenvalue weighted by Gasteiger charge is -2.42. The van der Waals surface area contributed by atoms with E-state index in [0.29, 0.717) is 24.3 Å². The van der Waals surface area contributed by atoms with Gasteiger partial charge in [0.05, 0.1) is 0 Å². The third-order valence-corrected chi connectivity index (χ3v) is 7.30. The van der Waals surface area contributed by atoms with Crippen LogP contribution in [0, 0.1) is 17.8 Å². The highest BCUT2D eigenvalue weighted by molar-refractivity contribution is 5.74. The van der Waals surface area contributed by atoms with Crippen molar-refractivity contribution in [2.45, 2.75) is 83.6 Å². The Morgan fingerprint density at radius 1 is 1.25 bits per heavy atom. The van der Waals surface area contributed by atoms with Crippen LogP contribution < -0.4 is 0 Å². The van der Waals surface area contributed by atoms with Gasteiger partial charge in [-0.15, -0.1) is 10.2 Å². The molecule has 3 fully saturated rings. The monoisotopic (exact) mass is 386 g/mol. The van der Waals surface area contributed by atoms with Crippen molar-refractivity contribution < 1.29 is 9.59 Å². The van der Waals surface area contributed by atoms with Gasteiger partial charge in [-0.05, 0) is 43.9 Å². The molecule has 0 N–H and O–H groups in total. The third kappa shape index (κ3) is 3.74. The highest BCUT2D eigenvalue weighted by Crippen LogP contribution is 2.48. The fourth-order valence-electron chi connectivity index (χ4n) is 5.07. The minimum atomic E-state index is 0.0888. The Morgan fingerprint density at radius 2 is 1.96 bits per heavy atom. The van der Waals surface area contributed by atoms with E-state index in [4.69, 9.17) is 0 Å². The molecule has 2 heterocycles. The number of likely N-dealkylation sites (tertiary alicyclic amines) is 1. The van der Waals surface area contributed by atoms with E-state index < -0.39 is 0 Å². The molecule has 2 atom stereocenters. The Labute approximate surface area is 168 Å². The van der Waals surface area contributed by atoms with Crippen LogP contribution in [0.25, 0.3) is 0 Å². The molecule has 1 aliphatic heterocycles. The van der Waals surface area contributed by atoms with E-state index in [2.05, 4.69) is 28.6 Å². The maximum Gasteiger partial charge on any atom is 0.219 e. The number of carbonyl (C=O) groups is 2. The molecule has 0 bridgehead atoms. The average Bonchev–Trinajstić information content (AvgIpc) is 3.34. The SMILES string of the molecule is CCC(C)CC1CC(c2nnc([C@H](CC=O)C3CN(C(C)=O)C3)n2C2CC2)C1. The number of carbonyl (C=O) groups excluding carboxylic acids is 2. The second kappa shape index (κ2) is 7.96. The van der Waals surface area contributed by atoms with Gasteiger partial charge in [0.15, 0.2) is 0 Å². The first-order valence-corrected chi connectivity index (χ1v) is 11.2.